The first-order valence-electron chi connectivity index (χ1n) is 13.3. The van der Waals surface area contributed by atoms with E-state index in [1.807, 2.05) is 70.2 Å². The minimum Gasteiger partial charge on any atom is -0.352 e. The van der Waals surface area contributed by atoms with Crippen LogP contribution in [0.3, 0.4) is 0 Å². The van der Waals surface area contributed by atoms with Crippen LogP contribution in [-0.2, 0) is 32.6 Å². The molecule has 1 N–H and O–H groups in total. The van der Waals surface area contributed by atoms with Crippen LogP contribution >= 0.6 is 11.6 Å². The second kappa shape index (κ2) is 13.8. The fourth-order valence-corrected chi connectivity index (χ4v) is 5.49. The Morgan fingerprint density at radius 3 is 2.17 bits per heavy atom. The number of anilines is 1. The van der Waals surface area contributed by atoms with E-state index in [2.05, 4.69) is 5.32 Å². The van der Waals surface area contributed by atoms with Crippen molar-refractivity contribution in [1.29, 1.82) is 0 Å². The zero-order valence-electron chi connectivity index (χ0n) is 23.7. The number of nitrogens with one attached hydrogen (secondary N) is 1. The van der Waals surface area contributed by atoms with Crippen LogP contribution in [0.25, 0.3) is 0 Å². The zero-order chi connectivity index (χ0) is 29.4. The summed E-state index contributed by atoms with van der Waals surface area (Å²) in [5.74, 6) is -0.779. The molecule has 3 aromatic rings. The maximum atomic E-state index is 14.1. The smallest absolute Gasteiger partial charge is 0.244 e. The minimum atomic E-state index is -3.82. The lowest BCUT2D eigenvalue weighted by Crippen LogP contribution is -2.54. The lowest BCUT2D eigenvalue weighted by Gasteiger charge is -2.34. The van der Waals surface area contributed by atoms with Crippen LogP contribution in [0.5, 0.6) is 0 Å². The Morgan fingerprint density at radius 1 is 0.950 bits per heavy atom. The van der Waals surface area contributed by atoms with Gasteiger partial charge in [-0.1, -0.05) is 78.7 Å². The molecule has 0 aliphatic heterocycles. The van der Waals surface area contributed by atoms with Crippen LogP contribution in [0.15, 0.2) is 72.8 Å². The summed E-state index contributed by atoms with van der Waals surface area (Å²) in [6.45, 7) is 7.28. The molecular formula is C31H38ClN3O4S. The molecule has 3 aromatic carbocycles. The van der Waals surface area contributed by atoms with Gasteiger partial charge in [0.05, 0.1) is 11.9 Å². The number of sulfonamides is 1. The molecule has 0 saturated heterocycles. The number of halogens is 1. The maximum absolute atomic E-state index is 14.1. The predicted molar refractivity (Wildman–Crippen MR) is 162 cm³/mol. The van der Waals surface area contributed by atoms with E-state index in [0.29, 0.717) is 10.7 Å². The molecule has 0 aliphatic rings. The zero-order valence-corrected chi connectivity index (χ0v) is 25.3. The van der Waals surface area contributed by atoms with Crippen molar-refractivity contribution in [2.24, 2.45) is 0 Å². The van der Waals surface area contributed by atoms with Crippen molar-refractivity contribution < 1.29 is 18.0 Å². The van der Waals surface area contributed by atoms with Crippen LogP contribution in [0, 0.1) is 13.8 Å². The first kappa shape index (κ1) is 31.2. The molecular weight excluding hydrogens is 546 g/mol. The molecule has 0 bridgehead atoms. The van der Waals surface area contributed by atoms with E-state index in [-0.39, 0.29) is 24.9 Å². The monoisotopic (exact) mass is 583 g/mol. The average Bonchev–Trinajstić information content (AvgIpc) is 2.90. The largest absolute Gasteiger partial charge is 0.352 e. The van der Waals surface area contributed by atoms with Crippen molar-refractivity contribution in [3.8, 4) is 0 Å². The van der Waals surface area contributed by atoms with Crippen LogP contribution in [0.4, 0.5) is 5.69 Å². The number of carbonyl (C=O) groups is 2. The van der Waals surface area contributed by atoms with Crippen molar-refractivity contribution in [3.63, 3.8) is 0 Å². The predicted octanol–water partition coefficient (Wildman–Crippen LogP) is 5.28. The summed E-state index contributed by atoms with van der Waals surface area (Å²) in [6.07, 6.45) is 2.08. The van der Waals surface area contributed by atoms with Crippen LogP contribution in [0.1, 0.15) is 42.5 Å². The Morgan fingerprint density at radius 2 is 1.60 bits per heavy atom. The standard InChI is InChI=1S/C31H38ClN3O4S/c1-6-24(4)33-31(37)29(19-25-10-8-7-9-11-25)34(20-26-13-15-27(32)16-14-26)30(36)21-35(40(5,38)39)28-17-12-22(2)18-23(28)3/h7-18,24,29H,6,19-21H2,1-5H3,(H,33,37)/t24-,29+/m1/s1. The third-order valence-electron chi connectivity index (χ3n) is 6.84. The van der Waals surface area contributed by atoms with Gasteiger partial charge in [-0.2, -0.15) is 0 Å². The quantitative estimate of drug-likeness (QED) is 0.314. The third kappa shape index (κ3) is 8.57. The fraction of sp³-hybridized carbons (Fsp3) is 0.355. The number of benzene rings is 3. The Bertz CT molecular complexity index is 1410. The fourth-order valence-electron chi connectivity index (χ4n) is 4.46. The minimum absolute atomic E-state index is 0.0963. The van der Waals surface area contributed by atoms with Crippen molar-refractivity contribution in [1.82, 2.24) is 10.2 Å². The lowest BCUT2D eigenvalue weighted by atomic mass is 10.0. The molecule has 0 aliphatic carbocycles. The molecule has 214 valence electrons. The highest BCUT2D eigenvalue weighted by Crippen LogP contribution is 2.25. The maximum Gasteiger partial charge on any atom is 0.244 e. The summed E-state index contributed by atoms with van der Waals surface area (Å²) in [7, 11) is -3.82. The molecule has 2 amide bonds. The normalized spacial score (nSPS) is 12.8. The van der Waals surface area contributed by atoms with E-state index >= 15 is 0 Å². The number of hydrogen-bond acceptors (Lipinski definition) is 4. The van der Waals surface area contributed by atoms with E-state index in [1.54, 1.807) is 30.3 Å². The van der Waals surface area contributed by atoms with E-state index < -0.39 is 28.5 Å². The molecule has 3 rings (SSSR count). The van der Waals surface area contributed by atoms with Crippen molar-refractivity contribution >= 4 is 39.1 Å². The molecule has 40 heavy (non-hydrogen) atoms. The van der Waals surface area contributed by atoms with Gasteiger partial charge in [0.2, 0.25) is 21.8 Å². The highest BCUT2D eigenvalue weighted by molar-refractivity contribution is 7.92. The molecule has 0 spiro atoms. The summed E-state index contributed by atoms with van der Waals surface area (Å²) >= 11 is 6.10. The Kier molecular flexibility index (Phi) is 10.8. The first-order valence-corrected chi connectivity index (χ1v) is 15.5. The Hall–Kier alpha value is -3.36. The number of nitrogens with zero attached hydrogens (tertiary/aromatic N) is 2. The number of aryl methyl sites for hydroxylation is 2. The molecule has 0 radical (unpaired) electrons. The van der Waals surface area contributed by atoms with Crippen LogP contribution < -0.4 is 9.62 Å². The van der Waals surface area contributed by atoms with E-state index in [9.17, 15) is 18.0 Å². The van der Waals surface area contributed by atoms with Crippen LogP contribution in [-0.4, -0.2) is 50.0 Å². The summed E-state index contributed by atoms with van der Waals surface area (Å²) in [5.41, 5.74) is 3.80. The van der Waals surface area contributed by atoms with E-state index in [4.69, 9.17) is 11.6 Å². The number of amides is 2. The summed E-state index contributed by atoms with van der Waals surface area (Å²) < 4.78 is 27.0. The second-order valence-electron chi connectivity index (χ2n) is 10.2. The van der Waals surface area contributed by atoms with Gasteiger partial charge in [-0.15, -0.1) is 0 Å². The SMILES string of the molecule is CC[C@@H](C)NC(=O)[C@H](Cc1ccccc1)N(Cc1ccc(Cl)cc1)C(=O)CN(c1ccc(C)cc1C)S(C)(=O)=O. The Labute approximate surface area is 243 Å². The highest BCUT2D eigenvalue weighted by Gasteiger charge is 2.33. The van der Waals surface area contributed by atoms with Gasteiger partial charge in [-0.05, 0) is 62.1 Å². The molecule has 9 heteroatoms. The Balaban J connectivity index is 2.07. The molecule has 0 aromatic heterocycles. The lowest BCUT2D eigenvalue weighted by molar-refractivity contribution is -0.140. The molecule has 0 fully saturated rings. The van der Waals surface area contributed by atoms with Crippen molar-refractivity contribution in [2.45, 2.75) is 59.2 Å². The van der Waals surface area contributed by atoms with Gasteiger partial charge in [-0.25, -0.2) is 8.42 Å². The van der Waals surface area contributed by atoms with Gasteiger partial charge >= 0.3 is 0 Å². The molecule has 0 unspecified atom stereocenters. The van der Waals surface area contributed by atoms with Gasteiger partial charge in [0.15, 0.2) is 0 Å². The first-order chi connectivity index (χ1) is 18.9. The number of carbonyl (C=O) groups excluding carboxylic acids is 2. The third-order valence-corrected chi connectivity index (χ3v) is 8.22. The average molecular weight is 584 g/mol. The molecule has 2 atom stereocenters. The molecule has 7 nitrogen and oxygen atoms in total. The van der Waals surface area contributed by atoms with Gasteiger partial charge < -0.3 is 10.2 Å². The molecule has 0 heterocycles. The summed E-state index contributed by atoms with van der Waals surface area (Å²) in [5, 5.41) is 3.58. The summed E-state index contributed by atoms with van der Waals surface area (Å²) in [6, 6.07) is 21.0. The molecule has 0 saturated carbocycles. The number of hydrogen-bond donors (Lipinski definition) is 1. The van der Waals surface area contributed by atoms with Gasteiger partial charge in [0.1, 0.15) is 12.6 Å². The van der Waals surface area contributed by atoms with Gasteiger partial charge in [0.25, 0.3) is 0 Å². The second-order valence-corrected chi connectivity index (χ2v) is 12.6. The highest BCUT2D eigenvalue weighted by atomic mass is 35.5. The topological polar surface area (TPSA) is 86.8 Å². The van der Waals surface area contributed by atoms with Crippen molar-refractivity contribution in [3.05, 3.63) is 100 Å². The van der Waals surface area contributed by atoms with Gasteiger partial charge in [-0.3, -0.25) is 13.9 Å². The summed E-state index contributed by atoms with van der Waals surface area (Å²) in [4.78, 5) is 29.3. The van der Waals surface area contributed by atoms with Crippen molar-refractivity contribution in [2.75, 3.05) is 17.1 Å². The number of rotatable bonds is 12. The van der Waals surface area contributed by atoms with Gasteiger partial charge in [0, 0.05) is 24.0 Å². The van der Waals surface area contributed by atoms with Crippen LogP contribution in [0.2, 0.25) is 5.02 Å². The van der Waals surface area contributed by atoms with E-state index in [1.165, 1.54) is 4.90 Å². The van der Waals surface area contributed by atoms with E-state index in [0.717, 1.165) is 39.2 Å².